The quantitative estimate of drug-likeness (QED) is 0.676. The number of carbonyl (C=O) groups excluding carboxylic acids is 1. The molecule has 2 aromatic carbocycles. The summed E-state index contributed by atoms with van der Waals surface area (Å²) in [4.78, 5) is 17.8. The lowest BCUT2D eigenvalue weighted by Crippen LogP contribution is -2.50. The fourth-order valence-electron chi connectivity index (χ4n) is 2.99. The van der Waals surface area contributed by atoms with Crippen LogP contribution in [-0.2, 0) is 4.79 Å². The van der Waals surface area contributed by atoms with E-state index in [0.717, 1.165) is 25.1 Å². The van der Waals surface area contributed by atoms with Crippen LogP contribution in [0.2, 0.25) is 0 Å². The van der Waals surface area contributed by atoms with Crippen LogP contribution >= 0.6 is 43.6 Å². The number of hydrogen-bond donors (Lipinski definition) is 1. The summed E-state index contributed by atoms with van der Waals surface area (Å²) >= 11 is 8.45. The van der Waals surface area contributed by atoms with Gasteiger partial charge in [0.15, 0.2) is 11.3 Å². The molecule has 2 aromatic rings. The van der Waals surface area contributed by atoms with Gasteiger partial charge in [0.05, 0.1) is 12.5 Å². The number of amidine groups is 1. The topological polar surface area (TPSA) is 66.3 Å². The maximum atomic E-state index is 12.9. The van der Waals surface area contributed by atoms with E-state index in [0.29, 0.717) is 16.6 Å². The number of carbonyl (C=O) groups is 1. The van der Waals surface area contributed by atoms with Crippen molar-refractivity contribution < 1.29 is 9.53 Å². The summed E-state index contributed by atoms with van der Waals surface area (Å²) in [5, 5.41) is 11.1. The molecule has 2 aliphatic rings. The van der Waals surface area contributed by atoms with Gasteiger partial charge in [0.2, 0.25) is 0 Å². The number of hydrazone groups is 1. The Hall–Kier alpha value is -1.84. The highest BCUT2D eigenvalue weighted by molar-refractivity contribution is 9.10. The van der Waals surface area contributed by atoms with Gasteiger partial charge in [-0.1, -0.05) is 43.6 Å². The molecular weight excluding hydrogens is 496 g/mol. The second kappa shape index (κ2) is 7.29. The van der Waals surface area contributed by atoms with Crippen molar-refractivity contribution >= 4 is 60.4 Å². The molecule has 0 bridgehead atoms. The maximum Gasteiger partial charge on any atom is 0.276 e. The van der Waals surface area contributed by atoms with E-state index in [1.165, 1.54) is 11.8 Å². The smallest absolute Gasteiger partial charge is 0.276 e. The molecule has 1 atom stereocenters. The zero-order chi connectivity index (χ0) is 19.1. The molecule has 0 spiro atoms. The van der Waals surface area contributed by atoms with E-state index in [9.17, 15) is 4.79 Å². The number of benzene rings is 2. The number of rotatable bonds is 2. The predicted octanol–water partition coefficient (Wildman–Crippen LogP) is 2.73. The molecule has 0 saturated carbocycles. The van der Waals surface area contributed by atoms with Crippen molar-refractivity contribution in [2.45, 2.75) is 6.17 Å². The van der Waals surface area contributed by atoms with Crippen LogP contribution in [0, 0.1) is 0 Å². The Morgan fingerprint density at radius 3 is 2.78 bits per heavy atom. The number of nitrogens with one attached hydrogen (secondary N) is 1. The van der Waals surface area contributed by atoms with Crippen LogP contribution in [0.3, 0.4) is 0 Å². The lowest BCUT2D eigenvalue weighted by atomic mass is 10.1. The molecule has 2 aliphatic heterocycles. The third-order valence-electron chi connectivity index (χ3n) is 4.24. The second-order valence-electron chi connectivity index (χ2n) is 5.81. The van der Waals surface area contributed by atoms with Gasteiger partial charge in [-0.2, -0.15) is 0 Å². The molecule has 0 radical (unpaired) electrons. The van der Waals surface area contributed by atoms with Gasteiger partial charge >= 0.3 is 0 Å². The second-order valence-corrected chi connectivity index (χ2v) is 8.37. The molecule has 2 heterocycles. The van der Waals surface area contributed by atoms with Gasteiger partial charge in [0.25, 0.3) is 5.91 Å². The molecular formula is C18H14Br2N4O2S. The Labute approximate surface area is 176 Å². The first-order valence-electron chi connectivity index (χ1n) is 7.96. The van der Waals surface area contributed by atoms with E-state index in [4.69, 9.17) is 9.73 Å². The molecule has 0 aromatic heterocycles. The summed E-state index contributed by atoms with van der Waals surface area (Å²) in [6.45, 7) is 0. The minimum atomic E-state index is -0.494. The SMILES string of the molecule is COc1ccc(Br)c(C2N=c3ccc(Br)cc3=C3C(=O)NC(SC)=NN32)c1. The van der Waals surface area contributed by atoms with Gasteiger partial charge in [0, 0.05) is 19.7 Å². The van der Waals surface area contributed by atoms with E-state index in [2.05, 4.69) is 42.3 Å². The van der Waals surface area contributed by atoms with E-state index in [-0.39, 0.29) is 5.91 Å². The van der Waals surface area contributed by atoms with Crippen LogP contribution in [-0.4, -0.2) is 29.4 Å². The van der Waals surface area contributed by atoms with Crippen LogP contribution in [0.25, 0.3) is 5.70 Å². The summed E-state index contributed by atoms with van der Waals surface area (Å²) < 4.78 is 7.11. The number of amides is 1. The van der Waals surface area contributed by atoms with Crippen LogP contribution in [0.1, 0.15) is 11.7 Å². The normalized spacial score (nSPS) is 18.1. The Bertz CT molecular complexity index is 1100. The molecule has 1 unspecified atom stereocenters. The third kappa shape index (κ3) is 3.28. The van der Waals surface area contributed by atoms with Gasteiger partial charge in [-0.25, -0.2) is 5.01 Å². The lowest BCUT2D eigenvalue weighted by Gasteiger charge is -2.34. The van der Waals surface area contributed by atoms with Crippen molar-refractivity contribution in [1.29, 1.82) is 0 Å². The number of fused-ring (bicyclic) bond motifs is 2. The summed E-state index contributed by atoms with van der Waals surface area (Å²) in [5.41, 5.74) is 1.33. The van der Waals surface area contributed by atoms with Crippen LogP contribution in [0.4, 0.5) is 0 Å². The Morgan fingerprint density at radius 1 is 1.22 bits per heavy atom. The predicted molar refractivity (Wildman–Crippen MR) is 113 cm³/mol. The highest BCUT2D eigenvalue weighted by atomic mass is 79.9. The number of halogens is 2. The molecule has 0 aliphatic carbocycles. The number of methoxy groups -OCH3 is 1. The average Bonchev–Trinajstić information content (AvgIpc) is 2.67. The van der Waals surface area contributed by atoms with Gasteiger partial charge in [-0.15, -0.1) is 5.10 Å². The number of nitrogens with zero attached hydrogens (tertiary/aromatic N) is 3. The molecule has 138 valence electrons. The van der Waals surface area contributed by atoms with E-state index >= 15 is 0 Å². The zero-order valence-corrected chi connectivity index (χ0v) is 18.4. The lowest BCUT2D eigenvalue weighted by molar-refractivity contribution is -0.116. The van der Waals surface area contributed by atoms with Gasteiger partial charge in [-0.3, -0.25) is 15.1 Å². The van der Waals surface area contributed by atoms with Crippen molar-refractivity contribution in [3.63, 3.8) is 0 Å². The van der Waals surface area contributed by atoms with Gasteiger partial charge in [-0.05, 0) is 42.7 Å². The van der Waals surface area contributed by atoms with Gasteiger partial charge in [0.1, 0.15) is 11.4 Å². The molecule has 9 heteroatoms. The molecule has 0 fully saturated rings. The monoisotopic (exact) mass is 508 g/mol. The fourth-order valence-corrected chi connectivity index (χ4v) is 4.17. The Kier molecular flexibility index (Phi) is 5.00. The number of thioether (sulfide) groups is 1. The van der Waals surface area contributed by atoms with Crippen LogP contribution in [0.15, 0.2) is 55.4 Å². The minimum absolute atomic E-state index is 0.201. The molecule has 1 amide bonds. The van der Waals surface area contributed by atoms with Crippen LogP contribution < -0.4 is 20.6 Å². The molecule has 1 N–H and O–H groups in total. The molecule has 6 nitrogen and oxygen atoms in total. The average molecular weight is 510 g/mol. The van der Waals surface area contributed by atoms with Crippen molar-refractivity contribution in [3.8, 4) is 5.75 Å². The largest absolute Gasteiger partial charge is 0.497 e. The van der Waals surface area contributed by atoms with Crippen LogP contribution in [0.5, 0.6) is 5.75 Å². The highest BCUT2D eigenvalue weighted by Crippen LogP contribution is 2.36. The standard InChI is InChI=1S/C18H14Br2N4O2S/c1-26-10-4-5-13(20)11(8-10)16-21-14-6-3-9(19)7-12(14)15-17(25)22-18(27-2)23-24(15)16/h3-8,16H,1-2H3,(H,22,23,25). The summed E-state index contributed by atoms with van der Waals surface area (Å²) in [6.07, 6.45) is 1.37. The highest BCUT2D eigenvalue weighted by Gasteiger charge is 2.35. The molecule has 4 rings (SSSR count). The van der Waals surface area contributed by atoms with Crippen molar-refractivity contribution in [3.05, 3.63) is 61.5 Å². The zero-order valence-electron chi connectivity index (χ0n) is 14.4. The molecule has 0 saturated heterocycles. The number of hydrogen-bond acceptors (Lipinski definition) is 6. The van der Waals surface area contributed by atoms with E-state index in [1.807, 2.05) is 42.7 Å². The first-order valence-corrected chi connectivity index (χ1v) is 10.8. The Balaban J connectivity index is 2.01. The van der Waals surface area contributed by atoms with E-state index < -0.39 is 6.17 Å². The third-order valence-corrected chi connectivity index (χ3v) is 6.03. The fraction of sp³-hybridized carbons (Fsp3) is 0.167. The maximum absolute atomic E-state index is 12.9. The Morgan fingerprint density at radius 2 is 2.04 bits per heavy atom. The summed E-state index contributed by atoms with van der Waals surface area (Å²) in [7, 11) is 1.62. The van der Waals surface area contributed by atoms with Gasteiger partial charge < -0.3 is 4.74 Å². The van der Waals surface area contributed by atoms with Crippen molar-refractivity contribution in [1.82, 2.24) is 10.3 Å². The molecule has 27 heavy (non-hydrogen) atoms. The first kappa shape index (κ1) is 18.5. The minimum Gasteiger partial charge on any atom is -0.497 e. The summed E-state index contributed by atoms with van der Waals surface area (Å²) in [5.74, 6) is 0.509. The summed E-state index contributed by atoms with van der Waals surface area (Å²) in [6, 6.07) is 11.4. The first-order chi connectivity index (χ1) is 13.0. The van der Waals surface area contributed by atoms with Crippen molar-refractivity contribution in [2.24, 2.45) is 10.1 Å². The van der Waals surface area contributed by atoms with E-state index in [1.54, 1.807) is 12.1 Å². The number of ether oxygens (including phenoxy) is 1. The van der Waals surface area contributed by atoms with Crippen molar-refractivity contribution in [2.75, 3.05) is 13.4 Å².